The molecule has 104 valence electrons. The zero-order valence-electron chi connectivity index (χ0n) is 11.2. The number of carbonyl (C=O) groups excluding carboxylic acids is 2. The van der Waals surface area contributed by atoms with E-state index in [0.717, 1.165) is 0 Å². The van der Waals surface area contributed by atoms with Crippen molar-refractivity contribution in [2.24, 2.45) is 11.5 Å². The van der Waals surface area contributed by atoms with Crippen LogP contribution in [-0.2, 0) is 4.74 Å². The van der Waals surface area contributed by atoms with E-state index in [2.05, 4.69) is 0 Å². The first-order valence-corrected chi connectivity index (χ1v) is 5.98. The van der Waals surface area contributed by atoms with Gasteiger partial charge in [-0.25, -0.2) is 9.59 Å². The van der Waals surface area contributed by atoms with Crippen molar-refractivity contribution in [2.45, 2.75) is 32.4 Å². The average molecular weight is 258 g/mol. The quantitative estimate of drug-likeness (QED) is 0.688. The van der Waals surface area contributed by atoms with E-state index in [1.54, 1.807) is 4.90 Å². The maximum Gasteiger partial charge on any atom is 0.410 e. The van der Waals surface area contributed by atoms with Gasteiger partial charge >= 0.3 is 12.1 Å². The van der Waals surface area contributed by atoms with Gasteiger partial charge in [-0.2, -0.15) is 0 Å². The van der Waals surface area contributed by atoms with Crippen molar-refractivity contribution < 1.29 is 14.3 Å². The third-order valence-corrected chi connectivity index (χ3v) is 2.69. The molecule has 1 fully saturated rings. The number of hydrogen-bond acceptors (Lipinski definition) is 4. The van der Waals surface area contributed by atoms with Gasteiger partial charge in [-0.1, -0.05) is 0 Å². The molecule has 7 heteroatoms. The highest BCUT2D eigenvalue weighted by molar-refractivity contribution is 5.73. The smallest absolute Gasteiger partial charge is 0.410 e. The highest BCUT2D eigenvalue weighted by atomic mass is 16.6. The van der Waals surface area contributed by atoms with Crippen LogP contribution in [0.5, 0.6) is 0 Å². The third kappa shape index (κ3) is 3.76. The number of nitrogens with zero attached hydrogens (tertiary/aromatic N) is 2. The highest BCUT2D eigenvalue weighted by Crippen LogP contribution is 2.14. The maximum atomic E-state index is 11.9. The topological polar surface area (TPSA) is 102 Å². The standard InChI is InChI=1S/C11H22N4O3/c1-11(2,3)18-10(17)14-4-5-15(9(13)16)8(6-12)7-14/h8H,4-7,12H2,1-3H3,(H2,13,16). The number of urea groups is 1. The second-order valence-corrected chi connectivity index (χ2v) is 5.35. The van der Waals surface area contributed by atoms with Crippen molar-refractivity contribution in [3.63, 3.8) is 0 Å². The Kier molecular flexibility index (Phi) is 4.39. The molecular weight excluding hydrogens is 236 g/mol. The first kappa shape index (κ1) is 14.6. The minimum Gasteiger partial charge on any atom is -0.444 e. The van der Waals surface area contributed by atoms with Crippen LogP contribution in [0.3, 0.4) is 0 Å². The predicted octanol–water partition coefficient (Wildman–Crippen LogP) is -0.0549. The molecule has 7 nitrogen and oxygen atoms in total. The fourth-order valence-electron chi connectivity index (χ4n) is 1.84. The zero-order chi connectivity index (χ0) is 13.9. The lowest BCUT2D eigenvalue weighted by atomic mass is 10.2. The minimum atomic E-state index is -0.532. The van der Waals surface area contributed by atoms with Gasteiger partial charge in [-0.15, -0.1) is 0 Å². The van der Waals surface area contributed by atoms with Gasteiger partial charge in [-0.05, 0) is 20.8 Å². The van der Waals surface area contributed by atoms with Gasteiger partial charge in [0, 0.05) is 26.2 Å². The molecule has 0 bridgehead atoms. The van der Waals surface area contributed by atoms with Gasteiger partial charge in [-0.3, -0.25) is 0 Å². The SMILES string of the molecule is CC(C)(C)OC(=O)N1CCN(C(N)=O)C(CN)C1. The molecule has 0 saturated carbocycles. The average Bonchev–Trinajstić information content (AvgIpc) is 2.25. The fraction of sp³-hybridized carbons (Fsp3) is 0.818. The van der Waals surface area contributed by atoms with Crippen LogP contribution in [0.1, 0.15) is 20.8 Å². The lowest BCUT2D eigenvalue weighted by Gasteiger charge is -2.40. The molecule has 1 rings (SSSR count). The molecule has 4 N–H and O–H groups in total. The molecule has 1 saturated heterocycles. The molecule has 18 heavy (non-hydrogen) atoms. The number of hydrogen-bond donors (Lipinski definition) is 2. The van der Waals surface area contributed by atoms with E-state index in [-0.39, 0.29) is 18.7 Å². The Bertz CT molecular complexity index is 327. The van der Waals surface area contributed by atoms with Crippen molar-refractivity contribution in [1.29, 1.82) is 0 Å². The van der Waals surface area contributed by atoms with Gasteiger partial charge in [0.25, 0.3) is 0 Å². The maximum absolute atomic E-state index is 11.9. The Morgan fingerprint density at radius 2 is 1.94 bits per heavy atom. The summed E-state index contributed by atoms with van der Waals surface area (Å²) in [5.41, 5.74) is 10.3. The number of nitrogens with two attached hydrogens (primary N) is 2. The summed E-state index contributed by atoms with van der Waals surface area (Å²) in [6.07, 6.45) is -0.384. The van der Waals surface area contributed by atoms with Crippen LogP contribution in [0.4, 0.5) is 9.59 Å². The van der Waals surface area contributed by atoms with Crippen LogP contribution < -0.4 is 11.5 Å². The summed E-state index contributed by atoms with van der Waals surface area (Å²) in [5.74, 6) is 0. The Labute approximate surface area is 107 Å². The number of primary amides is 1. The van der Waals surface area contributed by atoms with Gasteiger partial charge in [0.1, 0.15) is 5.60 Å². The summed E-state index contributed by atoms with van der Waals surface area (Å²) in [6.45, 7) is 6.85. The van der Waals surface area contributed by atoms with E-state index in [0.29, 0.717) is 19.6 Å². The van der Waals surface area contributed by atoms with Gasteiger partial charge in [0.15, 0.2) is 0 Å². The van der Waals surface area contributed by atoms with Crippen molar-refractivity contribution >= 4 is 12.1 Å². The summed E-state index contributed by atoms with van der Waals surface area (Å²) in [4.78, 5) is 26.1. The monoisotopic (exact) mass is 258 g/mol. The molecular formula is C11H22N4O3. The van der Waals surface area contributed by atoms with Crippen LogP contribution in [0.15, 0.2) is 0 Å². The fourth-order valence-corrected chi connectivity index (χ4v) is 1.84. The second kappa shape index (κ2) is 5.43. The van der Waals surface area contributed by atoms with E-state index in [4.69, 9.17) is 16.2 Å². The van der Waals surface area contributed by atoms with E-state index < -0.39 is 11.6 Å². The molecule has 0 aromatic heterocycles. The van der Waals surface area contributed by atoms with Crippen LogP contribution in [0.2, 0.25) is 0 Å². The molecule has 1 unspecified atom stereocenters. The molecule has 1 atom stereocenters. The van der Waals surface area contributed by atoms with E-state index in [1.165, 1.54) is 4.90 Å². The molecule has 0 aromatic carbocycles. The zero-order valence-corrected chi connectivity index (χ0v) is 11.2. The van der Waals surface area contributed by atoms with Crippen molar-refractivity contribution in [3.05, 3.63) is 0 Å². The number of piperazine rings is 1. The lowest BCUT2D eigenvalue weighted by Crippen LogP contribution is -2.60. The van der Waals surface area contributed by atoms with Crippen LogP contribution in [0, 0.1) is 0 Å². The van der Waals surface area contributed by atoms with Gasteiger partial charge in [0.2, 0.25) is 0 Å². The number of amides is 3. The molecule has 3 amide bonds. The van der Waals surface area contributed by atoms with Gasteiger partial charge in [0.05, 0.1) is 6.04 Å². The second-order valence-electron chi connectivity index (χ2n) is 5.35. The summed E-state index contributed by atoms with van der Waals surface area (Å²) in [6, 6.07) is -0.752. The summed E-state index contributed by atoms with van der Waals surface area (Å²) < 4.78 is 5.28. The lowest BCUT2D eigenvalue weighted by molar-refractivity contribution is 0.0102. The van der Waals surface area contributed by atoms with Crippen molar-refractivity contribution in [2.75, 3.05) is 26.2 Å². The Hall–Kier alpha value is -1.50. The molecule has 1 aliphatic heterocycles. The van der Waals surface area contributed by atoms with E-state index in [9.17, 15) is 9.59 Å². The van der Waals surface area contributed by atoms with E-state index >= 15 is 0 Å². The normalized spacial score (nSPS) is 20.8. The molecule has 0 radical (unpaired) electrons. The highest BCUT2D eigenvalue weighted by Gasteiger charge is 2.32. The largest absolute Gasteiger partial charge is 0.444 e. The van der Waals surface area contributed by atoms with Crippen LogP contribution in [-0.4, -0.2) is 59.7 Å². The summed E-state index contributed by atoms with van der Waals surface area (Å²) in [7, 11) is 0. The Balaban J connectivity index is 2.62. The number of rotatable bonds is 1. The Morgan fingerprint density at radius 3 is 2.39 bits per heavy atom. The van der Waals surface area contributed by atoms with Crippen LogP contribution >= 0.6 is 0 Å². The molecule has 0 aromatic rings. The number of ether oxygens (including phenoxy) is 1. The molecule has 1 heterocycles. The number of carbonyl (C=O) groups is 2. The Morgan fingerprint density at radius 1 is 1.33 bits per heavy atom. The summed E-state index contributed by atoms with van der Waals surface area (Å²) >= 11 is 0. The first-order chi connectivity index (χ1) is 8.24. The third-order valence-electron chi connectivity index (χ3n) is 2.69. The minimum absolute atomic E-state index is 0.247. The predicted molar refractivity (Wildman–Crippen MR) is 66.9 cm³/mol. The van der Waals surface area contributed by atoms with E-state index in [1.807, 2.05) is 20.8 Å². The molecule has 1 aliphatic rings. The molecule has 0 aliphatic carbocycles. The molecule has 0 spiro atoms. The first-order valence-electron chi connectivity index (χ1n) is 5.98. The summed E-state index contributed by atoms with van der Waals surface area (Å²) in [5, 5.41) is 0. The van der Waals surface area contributed by atoms with Crippen molar-refractivity contribution in [1.82, 2.24) is 9.80 Å². The van der Waals surface area contributed by atoms with Crippen LogP contribution in [0.25, 0.3) is 0 Å². The van der Waals surface area contributed by atoms with Gasteiger partial charge < -0.3 is 26.0 Å². The van der Waals surface area contributed by atoms with Crippen molar-refractivity contribution in [3.8, 4) is 0 Å².